The second-order valence-electron chi connectivity index (χ2n) is 5.19. The summed E-state index contributed by atoms with van der Waals surface area (Å²) in [5, 5.41) is 7.63. The SMILES string of the molecule is Cn1cnc(CCN2CCC(NC3CC3)C2=O)n1. The average Bonchev–Trinajstić information content (AvgIpc) is 2.98. The summed E-state index contributed by atoms with van der Waals surface area (Å²) in [4.78, 5) is 18.2. The highest BCUT2D eigenvalue weighted by Gasteiger charge is 2.35. The number of rotatable bonds is 5. The van der Waals surface area contributed by atoms with Gasteiger partial charge in [0.05, 0.1) is 6.04 Å². The second kappa shape index (κ2) is 4.68. The zero-order valence-electron chi connectivity index (χ0n) is 10.7. The Balaban J connectivity index is 1.49. The summed E-state index contributed by atoms with van der Waals surface area (Å²) < 4.78 is 1.69. The quantitative estimate of drug-likeness (QED) is 0.779. The zero-order valence-corrected chi connectivity index (χ0v) is 10.7. The van der Waals surface area contributed by atoms with Crippen molar-refractivity contribution in [3.05, 3.63) is 12.2 Å². The number of carbonyl (C=O) groups is 1. The Kier molecular flexibility index (Phi) is 3.03. The molecule has 0 spiro atoms. The molecular weight excluding hydrogens is 230 g/mol. The minimum atomic E-state index is 0.0502. The van der Waals surface area contributed by atoms with Gasteiger partial charge in [0.15, 0.2) is 5.82 Å². The van der Waals surface area contributed by atoms with E-state index in [1.54, 1.807) is 11.0 Å². The molecule has 18 heavy (non-hydrogen) atoms. The van der Waals surface area contributed by atoms with E-state index in [1.807, 2.05) is 11.9 Å². The number of likely N-dealkylation sites (tertiary alicyclic amines) is 1. The molecule has 1 aliphatic heterocycles. The van der Waals surface area contributed by atoms with E-state index in [0.717, 1.165) is 31.8 Å². The molecule has 0 bridgehead atoms. The Bertz CT molecular complexity index is 439. The summed E-state index contributed by atoms with van der Waals surface area (Å²) in [5.41, 5.74) is 0. The Hall–Kier alpha value is -1.43. The first-order valence-electron chi connectivity index (χ1n) is 6.62. The van der Waals surface area contributed by atoms with Gasteiger partial charge in [0.1, 0.15) is 6.33 Å². The first kappa shape index (κ1) is 11.6. The van der Waals surface area contributed by atoms with Crippen molar-refractivity contribution in [2.75, 3.05) is 13.1 Å². The normalized spacial score (nSPS) is 23.9. The molecule has 1 saturated carbocycles. The van der Waals surface area contributed by atoms with Crippen molar-refractivity contribution in [2.24, 2.45) is 7.05 Å². The van der Waals surface area contributed by atoms with Gasteiger partial charge in [-0.1, -0.05) is 0 Å². The summed E-state index contributed by atoms with van der Waals surface area (Å²) in [6.07, 6.45) is 5.82. The van der Waals surface area contributed by atoms with Gasteiger partial charge in [-0.15, -0.1) is 0 Å². The summed E-state index contributed by atoms with van der Waals surface area (Å²) in [6, 6.07) is 0.644. The Labute approximate surface area is 106 Å². The van der Waals surface area contributed by atoms with Crippen LogP contribution in [0, 0.1) is 0 Å². The molecule has 1 aromatic heterocycles. The van der Waals surface area contributed by atoms with Gasteiger partial charge >= 0.3 is 0 Å². The van der Waals surface area contributed by atoms with Crippen molar-refractivity contribution >= 4 is 5.91 Å². The molecule has 3 rings (SSSR count). The minimum absolute atomic E-state index is 0.0502. The molecule has 1 saturated heterocycles. The zero-order chi connectivity index (χ0) is 12.5. The maximum atomic E-state index is 12.1. The van der Waals surface area contributed by atoms with E-state index in [4.69, 9.17) is 0 Å². The van der Waals surface area contributed by atoms with Gasteiger partial charge < -0.3 is 10.2 Å². The fourth-order valence-corrected chi connectivity index (χ4v) is 2.38. The number of hydrogen-bond donors (Lipinski definition) is 1. The molecule has 6 heteroatoms. The maximum absolute atomic E-state index is 12.1. The number of hydrogen-bond acceptors (Lipinski definition) is 4. The summed E-state index contributed by atoms with van der Waals surface area (Å²) >= 11 is 0. The van der Waals surface area contributed by atoms with E-state index in [-0.39, 0.29) is 11.9 Å². The van der Waals surface area contributed by atoms with Gasteiger partial charge in [0.25, 0.3) is 0 Å². The monoisotopic (exact) mass is 249 g/mol. The lowest BCUT2D eigenvalue weighted by Crippen LogP contribution is -2.39. The third-order valence-corrected chi connectivity index (χ3v) is 3.56. The van der Waals surface area contributed by atoms with Crippen LogP contribution >= 0.6 is 0 Å². The summed E-state index contributed by atoms with van der Waals surface area (Å²) in [5.74, 6) is 1.06. The van der Waals surface area contributed by atoms with Gasteiger partial charge in [0, 0.05) is 32.6 Å². The van der Waals surface area contributed by atoms with E-state index >= 15 is 0 Å². The highest BCUT2D eigenvalue weighted by atomic mass is 16.2. The lowest BCUT2D eigenvalue weighted by molar-refractivity contribution is -0.129. The molecule has 6 nitrogen and oxygen atoms in total. The second-order valence-corrected chi connectivity index (χ2v) is 5.19. The van der Waals surface area contributed by atoms with Crippen LogP contribution in [0.3, 0.4) is 0 Å². The Morgan fingerprint density at radius 1 is 1.44 bits per heavy atom. The minimum Gasteiger partial charge on any atom is -0.341 e. The van der Waals surface area contributed by atoms with Crippen LogP contribution in [0.25, 0.3) is 0 Å². The van der Waals surface area contributed by atoms with Crippen molar-refractivity contribution in [2.45, 2.75) is 37.8 Å². The standard InChI is InChI=1S/C12H19N5O/c1-16-8-13-11(15-16)5-7-17-6-4-10(12(17)18)14-9-2-3-9/h8-10,14H,2-7H2,1H3. The lowest BCUT2D eigenvalue weighted by atomic mass is 10.2. The number of aryl methyl sites for hydroxylation is 1. The van der Waals surface area contributed by atoms with Crippen LogP contribution < -0.4 is 5.32 Å². The largest absolute Gasteiger partial charge is 0.341 e. The molecular formula is C12H19N5O. The molecule has 1 aromatic rings. The fraction of sp³-hybridized carbons (Fsp3) is 0.750. The number of amides is 1. The number of aromatic nitrogens is 3. The Morgan fingerprint density at radius 3 is 2.94 bits per heavy atom. The van der Waals surface area contributed by atoms with Crippen LogP contribution in [-0.4, -0.2) is 50.7 Å². The third kappa shape index (κ3) is 2.53. The lowest BCUT2D eigenvalue weighted by Gasteiger charge is -2.16. The van der Waals surface area contributed by atoms with E-state index in [2.05, 4.69) is 15.4 Å². The van der Waals surface area contributed by atoms with Crippen LogP contribution in [0.15, 0.2) is 6.33 Å². The molecule has 98 valence electrons. The number of carbonyl (C=O) groups excluding carboxylic acids is 1. The highest BCUT2D eigenvalue weighted by Crippen LogP contribution is 2.22. The number of nitrogens with one attached hydrogen (secondary N) is 1. The van der Waals surface area contributed by atoms with E-state index in [9.17, 15) is 4.79 Å². The molecule has 2 aliphatic rings. The molecule has 1 unspecified atom stereocenters. The van der Waals surface area contributed by atoms with Crippen molar-refractivity contribution in [3.63, 3.8) is 0 Å². The molecule has 1 amide bonds. The smallest absolute Gasteiger partial charge is 0.239 e. The summed E-state index contributed by atoms with van der Waals surface area (Å²) in [6.45, 7) is 1.59. The number of nitrogens with zero attached hydrogens (tertiary/aromatic N) is 4. The molecule has 2 fully saturated rings. The van der Waals surface area contributed by atoms with Gasteiger partial charge in [-0.2, -0.15) is 5.10 Å². The van der Waals surface area contributed by atoms with Crippen molar-refractivity contribution in [1.82, 2.24) is 25.0 Å². The van der Waals surface area contributed by atoms with Crippen molar-refractivity contribution in [1.29, 1.82) is 0 Å². The van der Waals surface area contributed by atoms with Gasteiger partial charge in [0.2, 0.25) is 5.91 Å². The summed E-state index contributed by atoms with van der Waals surface area (Å²) in [7, 11) is 1.85. The van der Waals surface area contributed by atoms with Crippen LogP contribution in [0.1, 0.15) is 25.1 Å². The van der Waals surface area contributed by atoms with Crippen LogP contribution in [0.2, 0.25) is 0 Å². The molecule has 2 heterocycles. The van der Waals surface area contributed by atoms with Gasteiger partial charge in [-0.05, 0) is 19.3 Å². The van der Waals surface area contributed by atoms with Crippen LogP contribution in [0.4, 0.5) is 0 Å². The van der Waals surface area contributed by atoms with Gasteiger partial charge in [-0.3, -0.25) is 9.48 Å². The van der Waals surface area contributed by atoms with Crippen molar-refractivity contribution in [3.8, 4) is 0 Å². The molecule has 1 atom stereocenters. The van der Waals surface area contributed by atoms with Crippen LogP contribution in [0.5, 0.6) is 0 Å². The first-order valence-corrected chi connectivity index (χ1v) is 6.62. The molecule has 1 aliphatic carbocycles. The average molecular weight is 249 g/mol. The third-order valence-electron chi connectivity index (χ3n) is 3.56. The van der Waals surface area contributed by atoms with E-state index < -0.39 is 0 Å². The molecule has 0 radical (unpaired) electrons. The van der Waals surface area contributed by atoms with Crippen molar-refractivity contribution < 1.29 is 4.79 Å². The van der Waals surface area contributed by atoms with Gasteiger partial charge in [-0.25, -0.2) is 4.98 Å². The van der Waals surface area contributed by atoms with Crippen LogP contribution in [-0.2, 0) is 18.3 Å². The molecule has 0 aromatic carbocycles. The highest BCUT2D eigenvalue weighted by molar-refractivity contribution is 5.84. The molecule has 1 N–H and O–H groups in total. The first-order chi connectivity index (χ1) is 8.72. The predicted octanol–water partition coefficient (Wildman–Crippen LogP) is -0.289. The maximum Gasteiger partial charge on any atom is 0.239 e. The van der Waals surface area contributed by atoms with E-state index in [1.165, 1.54) is 12.8 Å². The predicted molar refractivity (Wildman–Crippen MR) is 65.8 cm³/mol. The fourth-order valence-electron chi connectivity index (χ4n) is 2.38. The Morgan fingerprint density at radius 2 is 2.28 bits per heavy atom. The van der Waals surface area contributed by atoms with E-state index in [0.29, 0.717) is 6.04 Å². The topological polar surface area (TPSA) is 63.1 Å².